The van der Waals surface area contributed by atoms with Gasteiger partial charge in [-0.2, -0.15) is 0 Å². The maximum atomic E-state index is 12.7. The van der Waals surface area contributed by atoms with E-state index >= 15 is 0 Å². The van der Waals surface area contributed by atoms with Gasteiger partial charge < -0.3 is 14.2 Å². The van der Waals surface area contributed by atoms with E-state index in [1.165, 1.54) is 122 Å². The number of hydrogen-bond donors (Lipinski definition) is 0. The molecule has 0 aliphatic carbocycles. The Labute approximate surface area is 363 Å². The van der Waals surface area contributed by atoms with Gasteiger partial charge in [-0.3, -0.25) is 14.4 Å². The molecule has 0 aliphatic rings. The molecule has 0 radical (unpaired) electrons. The van der Waals surface area contributed by atoms with Gasteiger partial charge in [0.25, 0.3) is 0 Å². The summed E-state index contributed by atoms with van der Waals surface area (Å²) in [6.45, 7) is 6.41. The van der Waals surface area contributed by atoms with E-state index in [2.05, 4.69) is 39.0 Å². The second-order valence-corrected chi connectivity index (χ2v) is 16.1. The average Bonchev–Trinajstić information content (AvgIpc) is 3.23. The lowest BCUT2D eigenvalue weighted by atomic mass is 10.0. The van der Waals surface area contributed by atoms with Crippen molar-refractivity contribution in [2.75, 3.05) is 13.2 Å². The first-order valence-corrected chi connectivity index (χ1v) is 24.5. The number of rotatable bonds is 43. The minimum Gasteiger partial charge on any atom is -0.462 e. The van der Waals surface area contributed by atoms with Crippen LogP contribution in [0, 0.1) is 0 Å². The van der Waals surface area contributed by atoms with Crippen molar-refractivity contribution in [3.8, 4) is 0 Å². The Morgan fingerprint density at radius 2 is 0.695 bits per heavy atom. The molecule has 0 aliphatic heterocycles. The molecule has 0 fully saturated rings. The standard InChI is InChI=1S/C53H90O6/c1-4-7-10-13-16-19-22-25-26-27-29-31-34-37-40-43-46-52(55)58-49-50(48-57-51(54)45-42-39-36-33-30-24-21-18-15-12-9-6-3)59-53(56)47-44-41-38-35-32-28-23-20-17-14-11-8-5-2/h8,11,14,17,20,23,26-28,32,35,38,50H,4-7,9-10,12-13,15-16,18-19,21-22,24-25,29-31,33-34,36-37,39-49H2,1-3H3/b11-8-,17-14-,23-20-,27-26-,32-28-,38-35-. The van der Waals surface area contributed by atoms with Crippen LogP contribution in [0.4, 0.5) is 0 Å². The van der Waals surface area contributed by atoms with Crippen LogP contribution in [0.5, 0.6) is 0 Å². The molecule has 338 valence electrons. The monoisotopic (exact) mass is 823 g/mol. The van der Waals surface area contributed by atoms with Crippen molar-refractivity contribution in [2.24, 2.45) is 0 Å². The molecule has 6 heteroatoms. The van der Waals surface area contributed by atoms with Crippen LogP contribution >= 0.6 is 0 Å². The molecule has 0 heterocycles. The van der Waals surface area contributed by atoms with Crippen molar-refractivity contribution in [2.45, 2.75) is 232 Å². The largest absolute Gasteiger partial charge is 0.462 e. The molecule has 0 aromatic heterocycles. The lowest BCUT2D eigenvalue weighted by Gasteiger charge is -2.18. The summed E-state index contributed by atoms with van der Waals surface area (Å²) in [5.41, 5.74) is 0. The summed E-state index contributed by atoms with van der Waals surface area (Å²) < 4.78 is 16.7. The molecule has 0 aromatic carbocycles. The average molecular weight is 823 g/mol. The van der Waals surface area contributed by atoms with E-state index in [4.69, 9.17) is 14.2 Å². The summed E-state index contributed by atoms with van der Waals surface area (Å²) in [5.74, 6) is -0.989. The lowest BCUT2D eigenvalue weighted by molar-refractivity contribution is -0.167. The van der Waals surface area contributed by atoms with E-state index in [0.29, 0.717) is 19.3 Å². The fraction of sp³-hybridized carbons (Fsp3) is 0.717. The van der Waals surface area contributed by atoms with E-state index in [9.17, 15) is 14.4 Å². The van der Waals surface area contributed by atoms with Gasteiger partial charge in [-0.05, 0) is 57.8 Å². The van der Waals surface area contributed by atoms with Crippen LogP contribution in [-0.4, -0.2) is 37.2 Å². The molecule has 0 aromatic rings. The Morgan fingerprint density at radius 3 is 1.12 bits per heavy atom. The predicted octanol–water partition coefficient (Wildman–Crippen LogP) is 15.9. The first-order valence-electron chi connectivity index (χ1n) is 24.5. The van der Waals surface area contributed by atoms with Gasteiger partial charge in [0.2, 0.25) is 0 Å². The molecule has 0 amide bonds. The van der Waals surface area contributed by atoms with Crippen LogP contribution < -0.4 is 0 Å². The Morgan fingerprint density at radius 1 is 0.356 bits per heavy atom. The third-order valence-corrected chi connectivity index (χ3v) is 10.3. The zero-order valence-electron chi connectivity index (χ0n) is 38.5. The van der Waals surface area contributed by atoms with Crippen LogP contribution in [0.1, 0.15) is 226 Å². The number of ether oxygens (including phenoxy) is 3. The molecule has 6 nitrogen and oxygen atoms in total. The van der Waals surface area contributed by atoms with Gasteiger partial charge in [0.1, 0.15) is 13.2 Å². The third kappa shape index (κ3) is 45.8. The first kappa shape index (κ1) is 55.9. The summed E-state index contributed by atoms with van der Waals surface area (Å²) in [6, 6.07) is 0. The van der Waals surface area contributed by atoms with Crippen molar-refractivity contribution in [3.63, 3.8) is 0 Å². The molecule has 0 bridgehead atoms. The second kappa shape index (κ2) is 47.5. The van der Waals surface area contributed by atoms with Gasteiger partial charge in [-0.25, -0.2) is 0 Å². The lowest BCUT2D eigenvalue weighted by Crippen LogP contribution is -2.30. The van der Waals surface area contributed by atoms with Crippen molar-refractivity contribution in [3.05, 3.63) is 72.9 Å². The third-order valence-electron chi connectivity index (χ3n) is 10.3. The number of esters is 3. The molecular formula is C53H90O6. The fourth-order valence-electron chi connectivity index (χ4n) is 6.64. The molecule has 0 spiro atoms. The quantitative estimate of drug-likeness (QED) is 0.0200. The summed E-state index contributed by atoms with van der Waals surface area (Å²) in [6.07, 6.45) is 58.9. The number of carbonyl (C=O) groups excluding carboxylic acids is 3. The van der Waals surface area contributed by atoms with Crippen molar-refractivity contribution < 1.29 is 28.6 Å². The predicted molar refractivity (Wildman–Crippen MR) is 251 cm³/mol. The van der Waals surface area contributed by atoms with Crippen molar-refractivity contribution in [1.82, 2.24) is 0 Å². The zero-order chi connectivity index (χ0) is 43.0. The normalized spacial score (nSPS) is 12.7. The minimum absolute atomic E-state index is 0.105. The Kier molecular flexibility index (Phi) is 45.0. The van der Waals surface area contributed by atoms with E-state index in [1.54, 1.807) is 0 Å². The van der Waals surface area contributed by atoms with Gasteiger partial charge in [-0.1, -0.05) is 222 Å². The highest BCUT2D eigenvalue weighted by atomic mass is 16.6. The van der Waals surface area contributed by atoms with E-state index < -0.39 is 6.10 Å². The number of hydrogen-bond acceptors (Lipinski definition) is 6. The maximum Gasteiger partial charge on any atom is 0.306 e. The van der Waals surface area contributed by atoms with E-state index in [0.717, 1.165) is 57.8 Å². The van der Waals surface area contributed by atoms with Crippen molar-refractivity contribution >= 4 is 17.9 Å². The Hall–Kier alpha value is -3.15. The first-order chi connectivity index (χ1) is 29.0. The van der Waals surface area contributed by atoms with Crippen LogP contribution in [0.2, 0.25) is 0 Å². The summed E-state index contributed by atoms with van der Waals surface area (Å²) in [5, 5.41) is 0. The summed E-state index contributed by atoms with van der Waals surface area (Å²) in [7, 11) is 0. The highest BCUT2D eigenvalue weighted by Crippen LogP contribution is 2.14. The molecule has 0 rings (SSSR count). The van der Waals surface area contributed by atoms with E-state index in [1.807, 2.05) is 54.7 Å². The minimum atomic E-state index is -0.812. The highest BCUT2D eigenvalue weighted by molar-refractivity contribution is 5.71. The summed E-state index contributed by atoms with van der Waals surface area (Å²) in [4.78, 5) is 37.8. The van der Waals surface area contributed by atoms with Crippen molar-refractivity contribution in [1.29, 1.82) is 0 Å². The number of allylic oxidation sites excluding steroid dienone is 12. The fourth-order valence-corrected chi connectivity index (χ4v) is 6.64. The molecule has 0 N–H and O–H groups in total. The second-order valence-electron chi connectivity index (χ2n) is 16.1. The van der Waals surface area contributed by atoms with Gasteiger partial charge in [-0.15, -0.1) is 0 Å². The van der Waals surface area contributed by atoms with Crippen LogP contribution in [-0.2, 0) is 28.6 Å². The van der Waals surface area contributed by atoms with Crippen LogP contribution in [0.3, 0.4) is 0 Å². The van der Waals surface area contributed by atoms with Gasteiger partial charge >= 0.3 is 17.9 Å². The molecular weight excluding hydrogens is 733 g/mol. The molecule has 59 heavy (non-hydrogen) atoms. The maximum absolute atomic E-state index is 12.7. The molecule has 0 saturated heterocycles. The Bertz CT molecular complexity index is 1130. The van der Waals surface area contributed by atoms with Crippen LogP contribution in [0.25, 0.3) is 0 Å². The number of carbonyl (C=O) groups is 3. The molecule has 1 atom stereocenters. The van der Waals surface area contributed by atoms with E-state index in [-0.39, 0.29) is 37.5 Å². The Balaban J connectivity index is 4.47. The highest BCUT2D eigenvalue weighted by Gasteiger charge is 2.19. The number of unbranched alkanes of at least 4 members (excludes halogenated alkanes) is 24. The van der Waals surface area contributed by atoms with Gasteiger partial charge in [0.05, 0.1) is 0 Å². The molecule has 1 unspecified atom stereocenters. The smallest absolute Gasteiger partial charge is 0.306 e. The van der Waals surface area contributed by atoms with Crippen LogP contribution in [0.15, 0.2) is 72.9 Å². The van der Waals surface area contributed by atoms with Gasteiger partial charge in [0, 0.05) is 19.3 Å². The zero-order valence-corrected chi connectivity index (χ0v) is 38.5. The topological polar surface area (TPSA) is 78.9 Å². The summed E-state index contributed by atoms with van der Waals surface area (Å²) >= 11 is 0. The molecule has 0 saturated carbocycles. The SMILES string of the molecule is CC\C=C/C=C\C=C/C=C\C=C/CCCC(=O)OC(COC(=O)CCCCCCC/C=C\CCCCCCCCC)COC(=O)CCCCCCCCCCCCCC. The van der Waals surface area contributed by atoms with Gasteiger partial charge in [0.15, 0.2) is 6.10 Å².